The molecule has 1 heterocycles. The number of rotatable bonds is 7. The number of nitrogens with one attached hydrogen (secondary N) is 1. The Balaban J connectivity index is 1.89. The third kappa shape index (κ3) is 4.82. The van der Waals surface area contributed by atoms with Crippen LogP contribution in [0.3, 0.4) is 0 Å². The maximum Gasteiger partial charge on any atom is 0.165 e. The molecule has 1 aromatic heterocycles. The molecule has 0 spiro atoms. The smallest absolute Gasteiger partial charge is 0.165 e. The van der Waals surface area contributed by atoms with E-state index in [4.69, 9.17) is 4.74 Å². The summed E-state index contributed by atoms with van der Waals surface area (Å²) in [7, 11) is 1.77. The second kappa shape index (κ2) is 7.17. The molecule has 0 bridgehead atoms. The molecular weight excluding hydrogens is 271 g/mol. The van der Waals surface area contributed by atoms with Gasteiger partial charge >= 0.3 is 0 Å². The van der Waals surface area contributed by atoms with E-state index in [2.05, 4.69) is 29.5 Å². The zero-order valence-corrected chi connectivity index (χ0v) is 12.6. The maximum absolute atomic E-state index is 13.9. The van der Waals surface area contributed by atoms with Crippen LogP contribution < -0.4 is 10.1 Å². The van der Waals surface area contributed by atoms with Gasteiger partial charge in [0.25, 0.3) is 0 Å². The van der Waals surface area contributed by atoms with E-state index in [1.807, 2.05) is 6.07 Å². The van der Waals surface area contributed by atoms with Gasteiger partial charge < -0.3 is 10.1 Å². The number of hydrogen-bond acceptors (Lipinski definition) is 4. The normalized spacial score (nSPS) is 11.1. The first-order valence-corrected chi connectivity index (χ1v) is 7.01. The molecule has 21 heavy (non-hydrogen) atoms. The number of ether oxygens (including phenoxy) is 1. The van der Waals surface area contributed by atoms with Crippen molar-refractivity contribution in [2.75, 3.05) is 6.54 Å². The van der Waals surface area contributed by atoms with Crippen molar-refractivity contribution in [3.05, 3.63) is 41.5 Å². The molecule has 0 aliphatic carbocycles. The zero-order valence-electron chi connectivity index (χ0n) is 12.6. The van der Waals surface area contributed by atoms with E-state index in [0.717, 1.165) is 12.1 Å². The number of benzene rings is 1. The van der Waals surface area contributed by atoms with Crippen LogP contribution in [0.2, 0.25) is 0 Å². The Hall–Kier alpha value is -1.95. The molecule has 0 saturated carbocycles. The fraction of sp³-hybridized carbons (Fsp3) is 0.467. The van der Waals surface area contributed by atoms with Gasteiger partial charge in [0.1, 0.15) is 12.3 Å². The SMILES string of the molecule is CC(C)CNCc1ccc(OCc2cn(C)nn2)c(F)c1. The molecule has 6 heteroatoms. The summed E-state index contributed by atoms with van der Waals surface area (Å²) in [6.45, 7) is 6.04. The summed E-state index contributed by atoms with van der Waals surface area (Å²) in [6.07, 6.45) is 1.74. The monoisotopic (exact) mass is 292 g/mol. The summed E-state index contributed by atoms with van der Waals surface area (Å²) in [6, 6.07) is 5.01. The highest BCUT2D eigenvalue weighted by Gasteiger charge is 2.07. The summed E-state index contributed by atoms with van der Waals surface area (Å²) in [5.74, 6) is 0.445. The second-order valence-electron chi connectivity index (χ2n) is 5.46. The van der Waals surface area contributed by atoms with Crippen molar-refractivity contribution in [1.82, 2.24) is 20.3 Å². The average molecular weight is 292 g/mol. The van der Waals surface area contributed by atoms with E-state index in [9.17, 15) is 4.39 Å². The van der Waals surface area contributed by atoms with Gasteiger partial charge in [-0.05, 0) is 30.2 Å². The summed E-state index contributed by atoms with van der Waals surface area (Å²) in [5, 5.41) is 11.0. The first-order chi connectivity index (χ1) is 10.0. The van der Waals surface area contributed by atoms with Crippen LogP contribution in [0.15, 0.2) is 24.4 Å². The molecule has 0 aliphatic rings. The highest BCUT2D eigenvalue weighted by molar-refractivity contribution is 5.29. The lowest BCUT2D eigenvalue weighted by Gasteiger charge is -2.09. The van der Waals surface area contributed by atoms with Crippen molar-refractivity contribution in [3.63, 3.8) is 0 Å². The third-order valence-corrected chi connectivity index (χ3v) is 2.90. The molecule has 1 N–H and O–H groups in total. The first kappa shape index (κ1) is 15.4. The lowest BCUT2D eigenvalue weighted by molar-refractivity contribution is 0.285. The molecule has 0 amide bonds. The van der Waals surface area contributed by atoms with Gasteiger partial charge in [0.2, 0.25) is 0 Å². The van der Waals surface area contributed by atoms with E-state index in [1.165, 1.54) is 6.07 Å². The number of aryl methyl sites for hydroxylation is 1. The Kier molecular flexibility index (Phi) is 5.27. The fourth-order valence-corrected chi connectivity index (χ4v) is 1.89. The zero-order chi connectivity index (χ0) is 15.2. The van der Waals surface area contributed by atoms with E-state index in [0.29, 0.717) is 18.2 Å². The van der Waals surface area contributed by atoms with Crippen LogP contribution in [-0.4, -0.2) is 21.5 Å². The molecule has 0 atom stereocenters. The van der Waals surface area contributed by atoms with E-state index in [-0.39, 0.29) is 18.2 Å². The minimum absolute atomic E-state index is 0.204. The van der Waals surface area contributed by atoms with Crippen molar-refractivity contribution < 1.29 is 9.13 Å². The van der Waals surface area contributed by atoms with Gasteiger partial charge in [-0.2, -0.15) is 0 Å². The summed E-state index contributed by atoms with van der Waals surface area (Å²) in [5.41, 5.74) is 1.57. The Morgan fingerprint density at radius 2 is 2.19 bits per heavy atom. The molecule has 114 valence electrons. The van der Waals surface area contributed by atoms with Crippen LogP contribution in [0, 0.1) is 11.7 Å². The molecule has 0 radical (unpaired) electrons. The number of hydrogen-bond donors (Lipinski definition) is 1. The lowest BCUT2D eigenvalue weighted by atomic mass is 10.2. The van der Waals surface area contributed by atoms with Gasteiger partial charge in [-0.25, -0.2) is 4.39 Å². The number of halogens is 1. The summed E-state index contributed by atoms with van der Waals surface area (Å²) < 4.78 is 21.0. The Labute approximate surface area is 124 Å². The number of aromatic nitrogens is 3. The van der Waals surface area contributed by atoms with Crippen LogP contribution >= 0.6 is 0 Å². The van der Waals surface area contributed by atoms with Crippen molar-refractivity contribution in [2.24, 2.45) is 13.0 Å². The molecular formula is C15H21FN4O. The quantitative estimate of drug-likeness (QED) is 0.850. The molecule has 0 saturated heterocycles. The van der Waals surface area contributed by atoms with Crippen LogP contribution in [0.1, 0.15) is 25.1 Å². The van der Waals surface area contributed by atoms with Crippen LogP contribution in [0.25, 0.3) is 0 Å². The molecule has 5 nitrogen and oxygen atoms in total. The van der Waals surface area contributed by atoms with Crippen molar-refractivity contribution in [1.29, 1.82) is 0 Å². The molecule has 0 aliphatic heterocycles. The van der Waals surface area contributed by atoms with E-state index in [1.54, 1.807) is 24.0 Å². The van der Waals surface area contributed by atoms with Gasteiger partial charge in [0, 0.05) is 13.6 Å². The fourth-order valence-electron chi connectivity index (χ4n) is 1.89. The van der Waals surface area contributed by atoms with Gasteiger partial charge in [-0.15, -0.1) is 5.10 Å². The highest BCUT2D eigenvalue weighted by Crippen LogP contribution is 2.19. The highest BCUT2D eigenvalue weighted by atomic mass is 19.1. The summed E-state index contributed by atoms with van der Waals surface area (Å²) >= 11 is 0. The standard InChI is InChI=1S/C15H21FN4O/c1-11(2)7-17-8-12-4-5-15(14(16)6-12)21-10-13-9-20(3)19-18-13/h4-6,9,11,17H,7-8,10H2,1-3H3. The van der Waals surface area contributed by atoms with Gasteiger partial charge in [0.05, 0.1) is 6.20 Å². The van der Waals surface area contributed by atoms with Crippen LogP contribution in [-0.2, 0) is 20.2 Å². The Morgan fingerprint density at radius 1 is 1.38 bits per heavy atom. The van der Waals surface area contributed by atoms with Crippen LogP contribution in [0.4, 0.5) is 4.39 Å². The molecule has 2 rings (SSSR count). The van der Waals surface area contributed by atoms with Crippen molar-refractivity contribution in [2.45, 2.75) is 27.0 Å². The maximum atomic E-state index is 13.9. The first-order valence-electron chi connectivity index (χ1n) is 7.01. The minimum Gasteiger partial charge on any atom is -0.484 e. The topological polar surface area (TPSA) is 52.0 Å². The van der Waals surface area contributed by atoms with E-state index >= 15 is 0 Å². The Bertz CT molecular complexity index is 583. The van der Waals surface area contributed by atoms with Crippen molar-refractivity contribution in [3.8, 4) is 5.75 Å². The van der Waals surface area contributed by atoms with Crippen LogP contribution in [0.5, 0.6) is 5.75 Å². The number of nitrogens with zero attached hydrogens (tertiary/aromatic N) is 3. The summed E-state index contributed by atoms with van der Waals surface area (Å²) in [4.78, 5) is 0. The molecule has 0 fully saturated rings. The van der Waals surface area contributed by atoms with Crippen molar-refractivity contribution >= 4 is 0 Å². The van der Waals surface area contributed by atoms with Gasteiger partial charge in [0.15, 0.2) is 11.6 Å². The predicted octanol–water partition coefficient (Wildman–Crippen LogP) is 2.28. The minimum atomic E-state index is -0.359. The average Bonchev–Trinajstić information content (AvgIpc) is 2.83. The van der Waals surface area contributed by atoms with Gasteiger partial charge in [-0.3, -0.25) is 4.68 Å². The second-order valence-corrected chi connectivity index (χ2v) is 5.46. The largest absolute Gasteiger partial charge is 0.484 e. The third-order valence-electron chi connectivity index (χ3n) is 2.90. The molecule has 1 aromatic carbocycles. The van der Waals surface area contributed by atoms with E-state index < -0.39 is 0 Å². The van der Waals surface area contributed by atoms with Gasteiger partial charge in [-0.1, -0.05) is 25.1 Å². The lowest BCUT2D eigenvalue weighted by Crippen LogP contribution is -2.19. The molecule has 0 unspecified atom stereocenters. The molecule has 2 aromatic rings. The Morgan fingerprint density at radius 3 is 2.81 bits per heavy atom. The predicted molar refractivity (Wildman–Crippen MR) is 78.3 cm³/mol.